The molecule has 4 amide bonds. The highest BCUT2D eigenvalue weighted by Gasteiger charge is 2.36. The number of phenolic OH excluding ortho intramolecular Hbond substituents is 1. The van der Waals surface area contributed by atoms with Crippen LogP contribution in [0.4, 0.5) is 47.3 Å². The van der Waals surface area contributed by atoms with E-state index >= 15 is 0 Å². The molecule has 23 heteroatoms. The van der Waals surface area contributed by atoms with Crippen LogP contribution in [0.2, 0.25) is 0 Å². The van der Waals surface area contributed by atoms with E-state index in [1.165, 1.54) is 28.0 Å². The Bertz CT molecular complexity index is 3090. The zero-order valence-corrected chi connectivity index (χ0v) is 54.4. The second-order valence-electron chi connectivity index (χ2n) is 25.6. The van der Waals surface area contributed by atoms with Gasteiger partial charge in [0, 0.05) is 43.4 Å². The molecule has 89 heavy (non-hydrogen) atoms. The molecule has 1 N–H and O–H groups in total. The molecule has 0 unspecified atom stereocenters. The third-order valence-corrected chi connectivity index (χ3v) is 13.3. The van der Waals surface area contributed by atoms with Gasteiger partial charge >= 0.3 is 36.5 Å². The largest absolute Gasteiger partial charge is 0.508 e. The van der Waals surface area contributed by atoms with Gasteiger partial charge in [-0.15, -0.1) is 11.6 Å². The van der Waals surface area contributed by atoms with Gasteiger partial charge in [-0.2, -0.15) is 26.3 Å². The van der Waals surface area contributed by atoms with Crippen molar-refractivity contribution >= 4 is 58.9 Å². The van der Waals surface area contributed by atoms with Crippen molar-refractivity contribution in [2.45, 2.75) is 196 Å². The minimum atomic E-state index is -4.45. The number of rotatable bonds is 18. The molecule has 0 saturated carbocycles. The third-order valence-electron chi connectivity index (χ3n) is 13.0. The maximum Gasteiger partial charge on any atom is 0.416 e. The number of carbonyl (C=O) groups is 6. The summed E-state index contributed by atoms with van der Waals surface area (Å²) in [4.78, 5) is 81.9. The molecule has 0 aliphatic carbocycles. The summed E-state index contributed by atoms with van der Waals surface area (Å²) < 4.78 is 106. The van der Waals surface area contributed by atoms with E-state index in [-0.39, 0.29) is 74.6 Å². The van der Waals surface area contributed by atoms with Gasteiger partial charge in [0.2, 0.25) is 11.8 Å². The number of anilines is 2. The number of ether oxygens (including phenoxy) is 5. The number of nitrogens with zero attached hydrogens (tertiary/aromatic N) is 4. The van der Waals surface area contributed by atoms with Crippen LogP contribution in [-0.2, 0) is 88.6 Å². The van der Waals surface area contributed by atoms with Gasteiger partial charge < -0.3 is 38.6 Å². The van der Waals surface area contributed by atoms with Crippen LogP contribution < -0.4 is 14.5 Å². The van der Waals surface area contributed by atoms with Gasteiger partial charge in [-0.1, -0.05) is 51.0 Å². The summed E-state index contributed by atoms with van der Waals surface area (Å²) in [5, 5.41) is 9.63. The Morgan fingerprint density at radius 2 is 0.921 bits per heavy atom. The predicted molar refractivity (Wildman–Crippen MR) is 328 cm³/mol. The fraction of sp³-hybridized carbons (Fsp3) is 0.545. The topological polar surface area (TPSA) is 182 Å². The molecule has 0 spiro atoms. The van der Waals surface area contributed by atoms with Crippen LogP contribution in [0.3, 0.4) is 0 Å². The van der Waals surface area contributed by atoms with Crippen molar-refractivity contribution in [3.63, 3.8) is 0 Å². The van der Waals surface area contributed by atoms with Gasteiger partial charge in [0.25, 0.3) is 0 Å². The lowest BCUT2D eigenvalue weighted by Crippen LogP contribution is -2.45. The minimum Gasteiger partial charge on any atom is -0.508 e. The Morgan fingerprint density at radius 1 is 0.528 bits per heavy atom. The average Bonchev–Trinajstić information content (AvgIpc) is 1.91. The Balaban J connectivity index is 0.000000322. The lowest BCUT2D eigenvalue weighted by Gasteiger charge is -2.29. The first-order valence-corrected chi connectivity index (χ1v) is 30.2. The standard InChI is InChI=1S/C33H43F3N2O6.C22H32N2O6.C11H12ClF3/c1-8-9-23-11-10-22(18-26(23)33(34,35)36)21-42-25-12-13-27-24(19-25)14-17-38(27)28(39)20-37(30(41)44-32(5,6)7)16-15-29(40)43-31(2,3)4;1-21(2,3)29-19(27)10-11-23(20(28)30-22(4,5)6)14-18(26)24-12-9-15-13-16(25)7-8-17(15)24;1-2-3-9-5-4-8(7-12)6-10(9)11(13,14)15/h10-13,18-19H,8-9,14-17,20-21H2,1-7H3;7-8,13,25H,9-12,14H2,1-6H3;4-6H,2-3,7H2,1H3. The maximum absolute atomic E-state index is 13.6. The molecular formula is C66H87ClF6N4O12. The van der Waals surface area contributed by atoms with Crippen molar-refractivity contribution < 1.29 is 83.9 Å². The number of carbonyl (C=O) groups excluding carboxylic acids is 6. The summed E-state index contributed by atoms with van der Waals surface area (Å²) >= 11 is 5.51. The molecule has 6 rings (SSSR count). The zero-order valence-electron chi connectivity index (χ0n) is 53.6. The monoisotopic (exact) mass is 1280 g/mol. The van der Waals surface area contributed by atoms with E-state index in [4.69, 9.17) is 35.3 Å². The number of hydrogen-bond acceptors (Lipinski definition) is 12. The van der Waals surface area contributed by atoms with Crippen molar-refractivity contribution in [2.75, 3.05) is 49.1 Å². The zero-order chi connectivity index (χ0) is 67.0. The summed E-state index contributed by atoms with van der Waals surface area (Å²) in [5.74, 6) is -0.855. The molecule has 0 bridgehead atoms. The van der Waals surface area contributed by atoms with Gasteiger partial charge in [-0.05, 0) is 191 Å². The first-order chi connectivity index (χ1) is 41.1. The molecule has 492 valence electrons. The molecule has 2 aliphatic rings. The number of esters is 2. The summed E-state index contributed by atoms with van der Waals surface area (Å²) in [5.41, 5.74) is 0.559. The highest BCUT2D eigenvalue weighted by atomic mass is 35.5. The number of aryl methyl sites for hydroxylation is 2. The van der Waals surface area contributed by atoms with E-state index in [0.29, 0.717) is 85.4 Å². The number of aromatic hydroxyl groups is 1. The number of halogens is 7. The SMILES string of the molecule is CC(C)(C)OC(=O)CCN(CC(=O)N1CCc2cc(O)ccc21)C(=O)OC(C)(C)C.CCCc1ccc(CCl)cc1C(F)(F)F.CCCc1ccc(COc2ccc3c(c2)CCN3C(=O)CN(CCC(=O)OC(C)(C)C)C(=O)OC(C)(C)C)cc1C(F)(F)F. The molecule has 0 atom stereocenters. The van der Waals surface area contributed by atoms with Crippen LogP contribution in [0, 0.1) is 0 Å². The normalized spacial score (nSPS) is 13.2. The van der Waals surface area contributed by atoms with Crippen molar-refractivity contribution in [1.82, 2.24) is 9.80 Å². The lowest BCUT2D eigenvalue weighted by atomic mass is 10.00. The highest BCUT2D eigenvalue weighted by Crippen LogP contribution is 2.37. The van der Waals surface area contributed by atoms with E-state index in [1.54, 1.807) is 135 Å². The van der Waals surface area contributed by atoms with Crippen LogP contribution in [0.25, 0.3) is 0 Å². The Morgan fingerprint density at radius 3 is 1.31 bits per heavy atom. The molecule has 0 radical (unpaired) electrons. The predicted octanol–water partition coefficient (Wildman–Crippen LogP) is 14.7. The van der Waals surface area contributed by atoms with E-state index in [9.17, 15) is 60.2 Å². The first kappa shape index (κ1) is 74.2. The van der Waals surface area contributed by atoms with E-state index in [1.807, 2.05) is 13.8 Å². The van der Waals surface area contributed by atoms with Crippen LogP contribution >= 0.6 is 11.6 Å². The molecule has 0 fully saturated rings. The highest BCUT2D eigenvalue weighted by molar-refractivity contribution is 6.17. The number of fused-ring (bicyclic) bond motifs is 2. The van der Waals surface area contributed by atoms with Crippen molar-refractivity contribution in [3.05, 3.63) is 117 Å². The Hall–Kier alpha value is -7.23. The summed E-state index contributed by atoms with van der Waals surface area (Å²) in [6.07, 6.45) is -7.01. The average molecular weight is 1280 g/mol. The minimum absolute atomic E-state index is 0.00580. The van der Waals surface area contributed by atoms with Crippen molar-refractivity contribution in [1.29, 1.82) is 0 Å². The van der Waals surface area contributed by atoms with Gasteiger partial charge in [-0.3, -0.25) is 29.0 Å². The third kappa shape index (κ3) is 24.9. The molecule has 4 aromatic rings. The number of benzene rings is 4. The molecule has 4 aromatic carbocycles. The fourth-order valence-corrected chi connectivity index (χ4v) is 9.49. The molecule has 0 saturated heterocycles. The summed E-state index contributed by atoms with van der Waals surface area (Å²) in [6.45, 7) is 24.8. The molecule has 16 nitrogen and oxygen atoms in total. The second kappa shape index (κ2) is 31.5. The fourth-order valence-electron chi connectivity index (χ4n) is 9.32. The Labute approximate surface area is 524 Å². The Kier molecular flexibility index (Phi) is 26.3. The van der Waals surface area contributed by atoms with Crippen LogP contribution in [0.15, 0.2) is 72.8 Å². The van der Waals surface area contributed by atoms with Crippen LogP contribution in [0.1, 0.15) is 167 Å². The number of amides is 4. The van der Waals surface area contributed by atoms with Crippen molar-refractivity contribution in [2.24, 2.45) is 0 Å². The maximum atomic E-state index is 13.6. The molecule has 2 heterocycles. The summed E-state index contributed by atoms with van der Waals surface area (Å²) in [7, 11) is 0. The number of hydrogen-bond donors (Lipinski definition) is 1. The molecule has 2 aliphatic heterocycles. The quantitative estimate of drug-likeness (QED) is 0.0431. The van der Waals surface area contributed by atoms with Gasteiger partial charge in [0.1, 0.15) is 53.6 Å². The van der Waals surface area contributed by atoms with E-state index < -0.39 is 70.0 Å². The van der Waals surface area contributed by atoms with Gasteiger partial charge in [-0.25, -0.2) is 9.59 Å². The second-order valence-corrected chi connectivity index (χ2v) is 25.8. The van der Waals surface area contributed by atoms with E-state index in [0.717, 1.165) is 23.3 Å². The number of phenols is 1. The van der Waals surface area contributed by atoms with Gasteiger partial charge in [0.05, 0.1) is 24.0 Å². The molecule has 0 aromatic heterocycles. The molecular weight excluding hydrogens is 1190 g/mol. The first-order valence-electron chi connectivity index (χ1n) is 29.6. The summed E-state index contributed by atoms with van der Waals surface area (Å²) in [6, 6.07) is 18.6. The lowest BCUT2D eigenvalue weighted by molar-refractivity contribution is -0.156. The van der Waals surface area contributed by atoms with Gasteiger partial charge in [0.15, 0.2) is 0 Å². The van der Waals surface area contributed by atoms with E-state index in [2.05, 4.69) is 0 Å². The number of alkyl halides is 7. The smallest absolute Gasteiger partial charge is 0.416 e. The van der Waals surface area contributed by atoms with Crippen molar-refractivity contribution in [3.8, 4) is 11.5 Å². The van der Waals surface area contributed by atoms with Crippen LogP contribution in [0.5, 0.6) is 11.5 Å². The van der Waals surface area contributed by atoms with Crippen LogP contribution in [-0.4, -0.2) is 113 Å².